The van der Waals surface area contributed by atoms with Crippen LogP contribution >= 0.6 is 48.0 Å². The van der Waals surface area contributed by atoms with Gasteiger partial charge in [0.15, 0.2) is 0 Å². The summed E-state index contributed by atoms with van der Waals surface area (Å²) in [5, 5.41) is 5.73. The maximum absolute atomic E-state index is 13.2. The lowest BCUT2D eigenvalue weighted by Gasteiger charge is -2.14. The van der Waals surface area contributed by atoms with E-state index in [4.69, 9.17) is 33.9 Å². The van der Waals surface area contributed by atoms with Gasteiger partial charge in [-0.1, -0.05) is 72.9 Å². The van der Waals surface area contributed by atoms with E-state index in [9.17, 15) is 19.2 Å². The molecule has 46 heavy (non-hydrogen) atoms. The van der Waals surface area contributed by atoms with Crippen LogP contribution in [0, 0.1) is 0 Å². The Kier molecular flexibility index (Phi) is 13.4. The lowest BCUT2D eigenvalue weighted by Crippen LogP contribution is -2.31. The lowest BCUT2D eigenvalue weighted by atomic mass is 10.1. The van der Waals surface area contributed by atoms with E-state index >= 15 is 0 Å². The Balaban J connectivity index is 1.17. The van der Waals surface area contributed by atoms with Crippen molar-refractivity contribution in [3.63, 3.8) is 0 Å². The van der Waals surface area contributed by atoms with Gasteiger partial charge in [0, 0.05) is 49.4 Å². The van der Waals surface area contributed by atoms with E-state index in [-0.39, 0.29) is 23.6 Å². The number of unbranched alkanes of at least 4 members (excludes halogenated alkanes) is 4. The van der Waals surface area contributed by atoms with E-state index < -0.39 is 0 Å². The summed E-state index contributed by atoms with van der Waals surface area (Å²) in [5.74, 6) is 0.597. The molecule has 0 spiro atoms. The molecule has 2 aliphatic rings. The summed E-state index contributed by atoms with van der Waals surface area (Å²) in [6, 6.07) is 14.4. The zero-order valence-electron chi connectivity index (χ0n) is 25.7. The normalized spacial score (nSPS) is 16.3. The Morgan fingerprint density at radius 3 is 1.48 bits per heavy atom. The number of carbonyl (C=O) groups is 4. The molecule has 14 heteroatoms. The first-order chi connectivity index (χ1) is 22.2. The topological polar surface area (TPSA) is 117 Å². The highest BCUT2D eigenvalue weighted by atomic mass is 32.2. The first-order valence-electron chi connectivity index (χ1n) is 14.9. The first-order valence-corrected chi connectivity index (χ1v) is 17.3. The van der Waals surface area contributed by atoms with Crippen LogP contribution < -0.4 is 20.1 Å². The zero-order chi connectivity index (χ0) is 33.1. The largest absolute Gasteiger partial charge is 0.497 e. The number of hydrogen-bond acceptors (Lipinski definition) is 10. The number of thioether (sulfide) groups is 2. The summed E-state index contributed by atoms with van der Waals surface area (Å²) in [4.78, 5) is 54.7. The molecule has 0 radical (unpaired) electrons. The molecule has 0 aliphatic carbocycles. The number of nitrogens with one attached hydrogen (secondary N) is 2. The van der Waals surface area contributed by atoms with Crippen molar-refractivity contribution in [3.05, 3.63) is 58.3 Å². The molecule has 0 saturated carbocycles. The van der Waals surface area contributed by atoms with Gasteiger partial charge in [0.05, 0.1) is 24.0 Å². The number of amides is 4. The molecule has 2 saturated heterocycles. The number of anilines is 2. The summed E-state index contributed by atoms with van der Waals surface area (Å²) in [7, 11) is 3.15. The van der Waals surface area contributed by atoms with Crippen molar-refractivity contribution in [2.24, 2.45) is 0 Å². The van der Waals surface area contributed by atoms with Crippen LogP contribution in [0.1, 0.15) is 51.4 Å². The summed E-state index contributed by atoms with van der Waals surface area (Å²) in [6.45, 7) is 0.828. The summed E-state index contributed by atoms with van der Waals surface area (Å²) in [6.07, 6.45) is 4.86. The number of rotatable bonds is 16. The highest BCUT2D eigenvalue weighted by Crippen LogP contribution is 2.42. The maximum Gasteiger partial charge on any atom is 0.267 e. The average Bonchev–Trinajstić information content (AvgIpc) is 3.49. The molecular formula is C32H36N4O6S4. The van der Waals surface area contributed by atoms with Crippen LogP contribution in [-0.2, 0) is 19.2 Å². The van der Waals surface area contributed by atoms with Crippen LogP contribution in [0.3, 0.4) is 0 Å². The van der Waals surface area contributed by atoms with Gasteiger partial charge in [0.2, 0.25) is 11.8 Å². The first kappa shape index (κ1) is 35.4. The summed E-state index contributed by atoms with van der Waals surface area (Å²) < 4.78 is 11.2. The highest BCUT2D eigenvalue weighted by molar-refractivity contribution is 8.29. The van der Waals surface area contributed by atoms with Crippen molar-refractivity contribution in [2.75, 3.05) is 37.9 Å². The Morgan fingerprint density at radius 2 is 1.09 bits per heavy atom. The Morgan fingerprint density at radius 1 is 0.674 bits per heavy atom. The van der Waals surface area contributed by atoms with Gasteiger partial charge in [0.25, 0.3) is 11.8 Å². The van der Waals surface area contributed by atoms with Gasteiger partial charge in [-0.2, -0.15) is 0 Å². The number of hydrogen-bond donors (Lipinski definition) is 2. The van der Waals surface area contributed by atoms with Gasteiger partial charge in [-0.15, -0.1) is 0 Å². The van der Waals surface area contributed by atoms with Crippen molar-refractivity contribution in [1.82, 2.24) is 9.80 Å². The second-order valence-electron chi connectivity index (χ2n) is 10.5. The van der Waals surface area contributed by atoms with E-state index in [1.807, 2.05) is 24.3 Å². The fourth-order valence-electron chi connectivity index (χ4n) is 4.77. The number of nitrogens with zero attached hydrogens (tertiary/aromatic N) is 2. The molecule has 4 amide bonds. The fraction of sp³-hybridized carbons (Fsp3) is 0.375. The highest BCUT2D eigenvalue weighted by Gasteiger charge is 2.41. The number of carbonyl (C=O) groups excluding carboxylic acids is 4. The Hall–Kier alpha value is -3.46. The maximum atomic E-state index is 13.2. The van der Waals surface area contributed by atoms with Gasteiger partial charge < -0.3 is 20.1 Å². The van der Waals surface area contributed by atoms with Crippen LogP contribution in [0.2, 0.25) is 0 Å². The average molecular weight is 701 g/mol. The molecule has 0 atom stereocenters. The molecule has 2 fully saturated rings. The fourth-order valence-corrected chi connectivity index (χ4v) is 7.54. The van der Waals surface area contributed by atoms with E-state index in [0.717, 1.165) is 36.4 Å². The molecule has 2 heterocycles. The Labute approximate surface area is 288 Å². The molecule has 2 aliphatic heterocycles. The predicted molar refractivity (Wildman–Crippen MR) is 191 cm³/mol. The number of thiocarbonyl (C=S) groups is 2. The van der Waals surface area contributed by atoms with E-state index in [1.54, 1.807) is 38.5 Å². The van der Waals surface area contributed by atoms with Gasteiger partial charge in [-0.05, 0) is 49.9 Å². The van der Waals surface area contributed by atoms with Crippen molar-refractivity contribution in [1.29, 1.82) is 0 Å². The third-order valence-corrected chi connectivity index (χ3v) is 10.2. The molecule has 0 unspecified atom stereocenters. The third kappa shape index (κ3) is 9.77. The molecule has 0 aromatic heterocycles. The van der Waals surface area contributed by atoms with Gasteiger partial charge in [-0.25, -0.2) is 0 Å². The molecule has 2 aromatic carbocycles. The molecule has 244 valence electrons. The lowest BCUT2D eigenvalue weighted by molar-refractivity contribution is -0.124. The number of ether oxygens (including phenoxy) is 2. The second-order valence-corrected chi connectivity index (χ2v) is 13.8. The minimum absolute atomic E-state index is 0.0872. The number of methoxy groups -OCH3 is 2. The summed E-state index contributed by atoms with van der Waals surface area (Å²) >= 11 is 13.2. The predicted octanol–water partition coefficient (Wildman–Crippen LogP) is 6.33. The van der Waals surface area contributed by atoms with E-state index in [0.29, 0.717) is 92.9 Å². The van der Waals surface area contributed by atoms with Crippen LogP contribution in [0.5, 0.6) is 11.5 Å². The molecule has 0 bridgehead atoms. The van der Waals surface area contributed by atoms with Crippen LogP contribution in [0.4, 0.5) is 11.4 Å². The van der Waals surface area contributed by atoms with Gasteiger partial charge in [-0.3, -0.25) is 29.0 Å². The summed E-state index contributed by atoms with van der Waals surface area (Å²) in [5.41, 5.74) is 1.36. The zero-order valence-corrected chi connectivity index (χ0v) is 28.9. The van der Waals surface area contributed by atoms with E-state index in [2.05, 4.69) is 10.6 Å². The monoisotopic (exact) mass is 700 g/mol. The van der Waals surface area contributed by atoms with Crippen molar-refractivity contribution in [3.8, 4) is 11.5 Å². The quantitative estimate of drug-likeness (QED) is 0.117. The van der Waals surface area contributed by atoms with Crippen molar-refractivity contribution < 1.29 is 28.7 Å². The smallest absolute Gasteiger partial charge is 0.267 e. The Bertz CT molecular complexity index is 1420. The number of benzene rings is 2. The molecule has 10 nitrogen and oxygen atoms in total. The van der Waals surface area contributed by atoms with Crippen molar-refractivity contribution >= 4 is 91.6 Å². The molecule has 2 N–H and O–H groups in total. The van der Waals surface area contributed by atoms with Gasteiger partial charge in [0.1, 0.15) is 20.1 Å². The molecular weight excluding hydrogens is 665 g/mol. The van der Waals surface area contributed by atoms with Crippen molar-refractivity contribution in [2.45, 2.75) is 51.4 Å². The molecule has 2 aromatic rings. The van der Waals surface area contributed by atoms with E-state index in [1.165, 1.54) is 9.80 Å². The second kappa shape index (κ2) is 17.5. The molecule has 4 rings (SSSR count). The SMILES string of the molecule is COc1cccc(NC(=O)CCCCCN2C(=O)C(=C3SC(=S)N(CCCCCC(=O)Nc4cccc(OC)c4)C3=O)SC2=S)c1. The standard InChI is InChI=1S/C32H36N4O6S4/c1-41-23-13-9-11-21(19-23)33-25(37)15-5-3-7-17-35-29(39)27(45-31(35)43)28-30(40)36(32(44)46-28)18-8-4-6-16-26(38)34-22-12-10-14-24(20-22)42-2/h9-14,19-20H,3-8,15-18H2,1-2H3,(H,33,37)(H,34,38). The van der Waals surface area contributed by atoms with Gasteiger partial charge >= 0.3 is 0 Å². The minimum Gasteiger partial charge on any atom is -0.497 e. The minimum atomic E-state index is -0.284. The van der Waals surface area contributed by atoms with Crippen LogP contribution in [0.25, 0.3) is 0 Å². The van der Waals surface area contributed by atoms with Crippen LogP contribution in [-0.4, -0.2) is 69.4 Å². The third-order valence-electron chi connectivity index (χ3n) is 7.18. The van der Waals surface area contributed by atoms with Crippen LogP contribution in [0.15, 0.2) is 58.3 Å².